The second kappa shape index (κ2) is 7.18. The number of hydrogen-bond acceptors (Lipinski definition) is 2. The molecule has 1 saturated heterocycles. The molecular formula is C19H26N2O2. The fourth-order valence-electron chi connectivity index (χ4n) is 3.44. The first-order valence-electron chi connectivity index (χ1n) is 8.76. The summed E-state index contributed by atoms with van der Waals surface area (Å²) < 4.78 is 2.21. The second-order valence-electron chi connectivity index (χ2n) is 6.51. The number of aromatic nitrogens is 1. The topological polar surface area (TPSA) is 45.5 Å². The number of unbranched alkanes of at least 4 members (excludes halogenated alkanes) is 2. The van der Waals surface area contributed by atoms with Crippen LogP contribution in [0, 0.1) is 0 Å². The molecule has 1 aromatic heterocycles. The number of β-amino-alcohol motifs (C(OH)–C–C–N with tert-alkyl or cyclic N) is 1. The zero-order chi connectivity index (χ0) is 16.2. The lowest BCUT2D eigenvalue weighted by Gasteiger charge is -2.30. The zero-order valence-electron chi connectivity index (χ0n) is 13.9. The maximum absolute atomic E-state index is 12.9. The molecule has 1 unspecified atom stereocenters. The van der Waals surface area contributed by atoms with E-state index in [9.17, 15) is 9.90 Å². The summed E-state index contributed by atoms with van der Waals surface area (Å²) in [5.41, 5.74) is 1.90. The molecule has 1 fully saturated rings. The number of piperidine rings is 1. The molecule has 3 rings (SSSR count). The minimum atomic E-state index is -0.384. The van der Waals surface area contributed by atoms with Crippen LogP contribution >= 0.6 is 0 Å². The smallest absolute Gasteiger partial charge is 0.256 e. The van der Waals surface area contributed by atoms with Crippen molar-refractivity contribution in [2.24, 2.45) is 0 Å². The van der Waals surface area contributed by atoms with E-state index in [0.29, 0.717) is 6.54 Å². The molecule has 0 saturated carbocycles. The van der Waals surface area contributed by atoms with Crippen molar-refractivity contribution in [3.8, 4) is 0 Å². The number of fused-ring (bicyclic) bond motifs is 1. The third-order valence-corrected chi connectivity index (χ3v) is 4.71. The molecule has 1 atom stereocenters. The van der Waals surface area contributed by atoms with E-state index >= 15 is 0 Å². The number of carbonyl (C=O) groups excluding carboxylic acids is 1. The van der Waals surface area contributed by atoms with E-state index in [1.54, 1.807) is 4.90 Å². The molecule has 1 amide bonds. The molecule has 4 heteroatoms. The number of hydrogen-bond donors (Lipinski definition) is 1. The molecule has 2 aromatic rings. The first-order valence-corrected chi connectivity index (χ1v) is 8.76. The Morgan fingerprint density at radius 3 is 2.91 bits per heavy atom. The Morgan fingerprint density at radius 1 is 1.30 bits per heavy atom. The number of aryl methyl sites for hydroxylation is 1. The summed E-state index contributed by atoms with van der Waals surface area (Å²) >= 11 is 0. The lowest BCUT2D eigenvalue weighted by molar-refractivity contribution is 0.0475. The standard InChI is InChI=1S/C19H26N2O2/c1-2-3-6-11-20-14-17(16-9-4-5-10-18(16)20)19(23)21-12-7-8-15(22)13-21/h4-5,9-10,14-15,22H,2-3,6-8,11-13H2,1H3. The predicted molar refractivity (Wildman–Crippen MR) is 92.6 cm³/mol. The molecule has 0 bridgehead atoms. The highest BCUT2D eigenvalue weighted by Crippen LogP contribution is 2.24. The third-order valence-electron chi connectivity index (χ3n) is 4.71. The van der Waals surface area contributed by atoms with Gasteiger partial charge < -0.3 is 14.6 Å². The number of aliphatic hydroxyl groups excluding tert-OH is 1. The van der Waals surface area contributed by atoms with Gasteiger partial charge in [-0.25, -0.2) is 0 Å². The molecule has 124 valence electrons. The van der Waals surface area contributed by atoms with E-state index in [1.807, 2.05) is 24.4 Å². The van der Waals surface area contributed by atoms with Gasteiger partial charge in [0.05, 0.1) is 11.7 Å². The molecule has 1 aliphatic heterocycles. The van der Waals surface area contributed by atoms with Crippen LogP contribution in [-0.4, -0.2) is 39.7 Å². The summed E-state index contributed by atoms with van der Waals surface area (Å²) in [6.07, 6.45) is 6.81. The molecule has 1 N–H and O–H groups in total. The number of rotatable bonds is 5. The van der Waals surface area contributed by atoms with Gasteiger partial charge in [0.15, 0.2) is 0 Å². The predicted octanol–water partition coefficient (Wildman–Crippen LogP) is 3.43. The summed E-state index contributed by atoms with van der Waals surface area (Å²) in [4.78, 5) is 14.7. The summed E-state index contributed by atoms with van der Waals surface area (Å²) in [5, 5.41) is 10.9. The molecule has 23 heavy (non-hydrogen) atoms. The Kier molecular flexibility index (Phi) is 5.01. The minimum Gasteiger partial charge on any atom is -0.391 e. The van der Waals surface area contributed by atoms with E-state index in [1.165, 1.54) is 12.8 Å². The van der Waals surface area contributed by atoms with Gasteiger partial charge in [0, 0.05) is 36.7 Å². The van der Waals surface area contributed by atoms with E-state index in [-0.39, 0.29) is 12.0 Å². The van der Waals surface area contributed by atoms with Gasteiger partial charge in [0.1, 0.15) is 0 Å². The molecule has 1 aliphatic rings. The van der Waals surface area contributed by atoms with Gasteiger partial charge in [-0.05, 0) is 25.3 Å². The molecule has 0 radical (unpaired) electrons. The summed E-state index contributed by atoms with van der Waals surface area (Å²) in [6, 6.07) is 8.13. The van der Waals surface area contributed by atoms with E-state index in [0.717, 1.165) is 48.8 Å². The maximum Gasteiger partial charge on any atom is 0.256 e. The van der Waals surface area contributed by atoms with E-state index in [4.69, 9.17) is 0 Å². The second-order valence-corrected chi connectivity index (χ2v) is 6.51. The minimum absolute atomic E-state index is 0.0502. The van der Waals surface area contributed by atoms with Crippen molar-refractivity contribution >= 4 is 16.8 Å². The zero-order valence-corrected chi connectivity index (χ0v) is 13.9. The van der Waals surface area contributed by atoms with Gasteiger partial charge in [-0.2, -0.15) is 0 Å². The SMILES string of the molecule is CCCCCn1cc(C(=O)N2CCCC(O)C2)c2ccccc21. The van der Waals surface area contributed by atoms with Crippen molar-refractivity contribution in [3.63, 3.8) is 0 Å². The number of amides is 1. The number of carbonyl (C=O) groups is 1. The monoisotopic (exact) mass is 314 g/mol. The van der Waals surface area contributed by atoms with Crippen LogP contribution in [0.1, 0.15) is 49.4 Å². The first-order chi connectivity index (χ1) is 11.2. The normalized spacial score (nSPS) is 18.5. The highest BCUT2D eigenvalue weighted by atomic mass is 16.3. The molecule has 1 aromatic carbocycles. The third kappa shape index (κ3) is 3.42. The van der Waals surface area contributed by atoms with Crippen molar-refractivity contribution < 1.29 is 9.90 Å². The van der Waals surface area contributed by atoms with Crippen LogP contribution < -0.4 is 0 Å². The summed E-state index contributed by atoms with van der Waals surface area (Å²) in [6.45, 7) is 4.34. The Bertz CT molecular complexity index is 677. The Hall–Kier alpha value is -1.81. The van der Waals surface area contributed by atoms with Crippen LogP contribution in [0.2, 0.25) is 0 Å². The van der Waals surface area contributed by atoms with Crippen molar-refractivity contribution in [3.05, 3.63) is 36.0 Å². The molecule has 2 heterocycles. The maximum atomic E-state index is 12.9. The Labute approximate surface area is 137 Å². The first kappa shape index (κ1) is 16.1. The fraction of sp³-hybridized carbons (Fsp3) is 0.526. The molecular weight excluding hydrogens is 288 g/mol. The average molecular weight is 314 g/mol. The quantitative estimate of drug-likeness (QED) is 0.859. The summed E-state index contributed by atoms with van der Waals surface area (Å²) in [5.74, 6) is 0.0502. The van der Waals surface area contributed by atoms with Crippen LogP contribution in [0.3, 0.4) is 0 Å². The summed E-state index contributed by atoms with van der Waals surface area (Å²) in [7, 11) is 0. The van der Waals surface area contributed by atoms with Crippen molar-refractivity contribution in [2.75, 3.05) is 13.1 Å². The van der Waals surface area contributed by atoms with Crippen LogP contribution in [0.4, 0.5) is 0 Å². The van der Waals surface area contributed by atoms with Gasteiger partial charge in [-0.15, -0.1) is 0 Å². The number of nitrogens with zero attached hydrogens (tertiary/aromatic N) is 2. The molecule has 0 spiro atoms. The number of benzene rings is 1. The van der Waals surface area contributed by atoms with Crippen molar-refractivity contribution in [2.45, 2.75) is 51.7 Å². The van der Waals surface area contributed by atoms with Crippen molar-refractivity contribution in [1.82, 2.24) is 9.47 Å². The van der Waals surface area contributed by atoms with Gasteiger partial charge in [-0.3, -0.25) is 4.79 Å². The average Bonchev–Trinajstić information content (AvgIpc) is 2.93. The van der Waals surface area contributed by atoms with Crippen LogP contribution in [0.15, 0.2) is 30.5 Å². The molecule has 0 aliphatic carbocycles. The van der Waals surface area contributed by atoms with Gasteiger partial charge in [0.2, 0.25) is 0 Å². The lowest BCUT2D eigenvalue weighted by Crippen LogP contribution is -2.42. The largest absolute Gasteiger partial charge is 0.391 e. The van der Waals surface area contributed by atoms with Crippen LogP contribution in [0.25, 0.3) is 10.9 Å². The van der Waals surface area contributed by atoms with Crippen molar-refractivity contribution in [1.29, 1.82) is 0 Å². The lowest BCUT2D eigenvalue weighted by atomic mass is 10.1. The van der Waals surface area contributed by atoms with E-state index in [2.05, 4.69) is 17.6 Å². The highest BCUT2D eigenvalue weighted by Gasteiger charge is 2.25. The Morgan fingerprint density at radius 2 is 2.13 bits per heavy atom. The van der Waals surface area contributed by atoms with E-state index < -0.39 is 0 Å². The molecule has 4 nitrogen and oxygen atoms in total. The fourth-order valence-corrected chi connectivity index (χ4v) is 3.44. The number of likely N-dealkylation sites (tertiary alicyclic amines) is 1. The number of para-hydroxylation sites is 1. The van der Waals surface area contributed by atoms with Crippen LogP contribution in [-0.2, 0) is 6.54 Å². The Balaban J connectivity index is 1.89. The van der Waals surface area contributed by atoms with Crippen LogP contribution in [0.5, 0.6) is 0 Å². The van der Waals surface area contributed by atoms with Gasteiger partial charge in [-0.1, -0.05) is 38.0 Å². The van der Waals surface area contributed by atoms with Gasteiger partial charge >= 0.3 is 0 Å². The highest BCUT2D eigenvalue weighted by molar-refractivity contribution is 6.07. The van der Waals surface area contributed by atoms with Gasteiger partial charge in [0.25, 0.3) is 5.91 Å². The number of aliphatic hydroxyl groups is 1.